The second kappa shape index (κ2) is 6.72. The molecule has 1 saturated heterocycles. The molecule has 5 heteroatoms. The Hall–Kier alpha value is -1.85. The van der Waals surface area contributed by atoms with Crippen molar-refractivity contribution in [1.82, 2.24) is 19.9 Å². The van der Waals surface area contributed by atoms with Crippen LogP contribution in [0.15, 0.2) is 36.9 Å². The van der Waals surface area contributed by atoms with Gasteiger partial charge in [0, 0.05) is 37.6 Å². The monoisotopic (exact) mass is 312 g/mol. The van der Waals surface area contributed by atoms with E-state index in [1.54, 1.807) is 12.4 Å². The van der Waals surface area contributed by atoms with Gasteiger partial charge in [0.05, 0.1) is 18.0 Å². The second-order valence-corrected chi connectivity index (χ2v) is 7.23. The van der Waals surface area contributed by atoms with Gasteiger partial charge >= 0.3 is 0 Å². The average Bonchev–Trinajstić information content (AvgIpc) is 2.54. The third-order valence-corrected chi connectivity index (χ3v) is 3.81. The van der Waals surface area contributed by atoms with Gasteiger partial charge < -0.3 is 4.74 Å². The van der Waals surface area contributed by atoms with Crippen LogP contribution >= 0.6 is 0 Å². The first-order chi connectivity index (χ1) is 11.0. The minimum Gasteiger partial charge on any atom is -0.369 e. The molecule has 1 fully saturated rings. The van der Waals surface area contributed by atoms with Gasteiger partial charge in [0.1, 0.15) is 12.4 Å². The lowest BCUT2D eigenvalue weighted by Gasteiger charge is -2.36. The molecule has 1 aliphatic heterocycles. The topological polar surface area (TPSA) is 51.1 Å². The smallest absolute Gasteiger partial charge is 0.115 e. The molecule has 2 aromatic rings. The molecule has 2 aromatic heterocycles. The van der Waals surface area contributed by atoms with Crippen molar-refractivity contribution in [2.75, 3.05) is 26.2 Å². The van der Waals surface area contributed by atoms with Crippen LogP contribution < -0.4 is 0 Å². The van der Waals surface area contributed by atoms with E-state index in [2.05, 4.69) is 35.6 Å². The Morgan fingerprint density at radius 3 is 2.74 bits per heavy atom. The lowest BCUT2D eigenvalue weighted by Crippen LogP contribution is -2.42. The Kier molecular flexibility index (Phi) is 4.68. The SMILES string of the molecule is CC(C)(C)CN1CCO[C@@H](c2cccc(-c3cncnc3)n2)C1. The summed E-state index contributed by atoms with van der Waals surface area (Å²) in [6.07, 6.45) is 5.12. The molecule has 0 amide bonds. The highest BCUT2D eigenvalue weighted by molar-refractivity contribution is 5.56. The third-order valence-electron chi connectivity index (χ3n) is 3.81. The van der Waals surface area contributed by atoms with Crippen molar-refractivity contribution in [2.45, 2.75) is 26.9 Å². The first kappa shape index (κ1) is 16.0. The van der Waals surface area contributed by atoms with Gasteiger partial charge in [-0.25, -0.2) is 15.0 Å². The highest BCUT2D eigenvalue weighted by atomic mass is 16.5. The number of hydrogen-bond donors (Lipinski definition) is 0. The van der Waals surface area contributed by atoms with Crippen molar-refractivity contribution in [2.24, 2.45) is 5.41 Å². The zero-order valence-corrected chi connectivity index (χ0v) is 14.1. The standard InChI is InChI=1S/C18H24N4O/c1-18(2,3)12-22-7-8-23-17(11-22)16-6-4-5-15(21-16)14-9-19-13-20-10-14/h4-6,9-10,13,17H,7-8,11-12H2,1-3H3/t17-/m1/s1. The van der Waals surface area contributed by atoms with Crippen LogP contribution in [0.2, 0.25) is 0 Å². The fourth-order valence-corrected chi connectivity index (χ4v) is 2.92. The van der Waals surface area contributed by atoms with Gasteiger partial charge in [0.2, 0.25) is 0 Å². The summed E-state index contributed by atoms with van der Waals surface area (Å²) >= 11 is 0. The molecular weight excluding hydrogens is 288 g/mol. The van der Waals surface area contributed by atoms with E-state index in [-0.39, 0.29) is 6.10 Å². The van der Waals surface area contributed by atoms with Crippen LogP contribution in [-0.4, -0.2) is 46.1 Å². The molecule has 122 valence electrons. The summed E-state index contributed by atoms with van der Waals surface area (Å²) in [5.41, 5.74) is 3.08. The lowest BCUT2D eigenvalue weighted by molar-refractivity contribution is -0.0407. The van der Waals surface area contributed by atoms with Crippen molar-refractivity contribution >= 4 is 0 Å². The van der Waals surface area contributed by atoms with Gasteiger partial charge in [-0.1, -0.05) is 26.8 Å². The summed E-state index contributed by atoms with van der Waals surface area (Å²) in [5.74, 6) is 0. The van der Waals surface area contributed by atoms with E-state index in [1.807, 2.05) is 18.2 Å². The van der Waals surface area contributed by atoms with E-state index < -0.39 is 0 Å². The largest absolute Gasteiger partial charge is 0.369 e. The zero-order chi connectivity index (χ0) is 16.3. The lowest BCUT2D eigenvalue weighted by atomic mass is 9.95. The fraction of sp³-hybridized carbons (Fsp3) is 0.500. The van der Waals surface area contributed by atoms with Gasteiger partial charge in [-0.3, -0.25) is 4.90 Å². The molecule has 23 heavy (non-hydrogen) atoms. The molecule has 0 unspecified atom stereocenters. The second-order valence-electron chi connectivity index (χ2n) is 7.23. The van der Waals surface area contributed by atoms with Crippen molar-refractivity contribution in [1.29, 1.82) is 0 Å². The molecule has 0 saturated carbocycles. The summed E-state index contributed by atoms with van der Waals surface area (Å²) in [6, 6.07) is 6.05. The van der Waals surface area contributed by atoms with Crippen LogP contribution in [0.3, 0.4) is 0 Å². The Balaban J connectivity index is 1.76. The minimum absolute atomic E-state index is 0.0238. The van der Waals surface area contributed by atoms with Crippen LogP contribution in [-0.2, 0) is 4.74 Å². The van der Waals surface area contributed by atoms with E-state index in [0.717, 1.165) is 43.2 Å². The van der Waals surface area contributed by atoms with Crippen LogP contribution in [0.1, 0.15) is 32.6 Å². The van der Waals surface area contributed by atoms with E-state index in [9.17, 15) is 0 Å². The third kappa shape index (κ3) is 4.33. The molecule has 0 radical (unpaired) electrons. The van der Waals surface area contributed by atoms with Crippen LogP contribution in [0, 0.1) is 5.41 Å². The van der Waals surface area contributed by atoms with Gasteiger partial charge in [0.25, 0.3) is 0 Å². The summed E-state index contributed by atoms with van der Waals surface area (Å²) in [6.45, 7) is 10.5. The van der Waals surface area contributed by atoms with Crippen molar-refractivity contribution in [3.05, 3.63) is 42.6 Å². The van der Waals surface area contributed by atoms with E-state index >= 15 is 0 Å². The summed E-state index contributed by atoms with van der Waals surface area (Å²) in [5, 5.41) is 0. The summed E-state index contributed by atoms with van der Waals surface area (Å²) in [7, 11) is 0. The van der Waals surface area contributed by atoms with Crippen molar-refractivity contribution < 1.29 is 4.74 Å². The zero-order valence-electron chi connectivity index (χ0n) is 14.1. The average molecular weight is 312 g/mol. The maximum Gasteiger partial charge on any atom is 0.115 e. The molecular formula is C18H24N4O. The number of rotatable bonds is 3. The van der Waals surface area contributed by atoms with Crippen molar-refractivity contribution in [3.63, 3.8) is 0 Å². The Labute approximate surface area is 137 Å². The molecule has 3 heterocycles. The van der Waals surface area contributed by atoms with E-state index in [1.165, 1.54) is 6.33 Å². The maximum absolute atomic E-state index is 5.96. The fourth-order valence-electron chi connectivity index (χ4n) is 2.92. The predicted octanol–water partition coefficient (Wildman–Crippen LogP) is 2.96. The molecule has 0 aromatic carbocycles. The molecule has 1 aliphatic rings. The summed E-state index contributed by atoms with van der Waals surface area (Å²) in [4.78, 5) is 15.4. The Morgan fingerprint density at radius 2 is 2.00 bits per heavy atom. The first-order valence-corrected chi connectivity index (χ1v) is 8.07. The molecule has 1 atom stereocenters. The van der Waals surface area contributed by atoms with E-state index in [4.69, 9.17) is 9.72 Å². The van der Waals surface area contributed by atoms with Gasteiger partial charge in [-0.2, -0.15) is 0 Å². The highest BCUT2D eigenvalue weighted by Gasteiger charge is 2.26. The van der Waals surface area contributed by atoms with Gasteiger partial charge in [0.15, 0.2) is 0 Å². The highest BCUT2D eigenvalue weighted by Crippen LogP contribution is 2.25. The van der Waals surface area contributed by atoms with Crippen LogP contribution in [0.5, 0.6) is 0 Å². The normalized spacial score (nSPS) is 19.7. The molecule has 0 spiro atoms. The number of aromatic nitrogens is 3. The van der Waals surface area contributed by atoms with Gasteiger partial charge in [-0.15, -0.1) is 0 Å². The molecule has 3 rings (SSSR count). The molecule has 0 aliphatic carbocycles. The first-order valence-electron chi connectivity index (χ1n) is 8.07. The van der Waals surface area contributed by atoms with Gasteiger partial charge in [-0.05, 0) is 17.5 Å². The molecule has 0 bridgehead atoms. The predicted molar refractivity (Wildman–Crippen MR) is 89.9 cm³/mol. The minimum atomic E-state index is 0.0238. The molecule has 0 N–H and O–H groups in total. The Morgan fingerprint density at radius 1 is 1.22 bits per heavy atom. The number of morpholine rings is 1. The summed E-state index contributed by atoms with van der Waals surface area (Å²) < 4.78 is 5.96. The quantitative estimate of drug-likeness (QED) is 0.872. The van der Waals surface area contributed by atoms with Crippen LogP contribution in [0.4, 0.5) is 0 Å². The number of nitrogens with zero attached hydrogens (tertiary/aromatic N) is 4. The van der Waals surface area contributed by atoms with Crippen LogP contribution in [0.25, 0.3) is 11.3 Å². The number of hydrogen-bond acceptors (Lipinski definition) is 5. The number of pyridine rings is 1. The van der Waals surface area contributed by atoms with E-state index in [0.29, 0.717) is 5.41 Å². The van der Waals surface area contributed by atoms with Crippen molar-refractivity contribution in [3.8, 4) is 11.3 Å². The number of ether oxygens (including phenoxy) is 1. The Bertz CT molecular complexity index is 639. The maximum atomic E-state index is 5.96. The molecule has 5 nitrogen and oxygen atoms in total.